The lowest BCUT2D eigenvalue weighted by Gasteiger charge is -2.33. The Kier molecular flexibility index (Phi) is 7.06. The Bertz CT molecular complexity index is 1230. The number of amides is 1. The van der Waals surface area contributed by atoms with Gasteiger partial charge in [0.05, 0.1) is 0 Å². The summed E-state index contributed by atoms with van der Waals surface area (Å²) in [7, 11) is 0. The number of aromatic nitrogens is 1. The lowest BCUT2D eigenvalue weighted by atomic mass is 9.90. The number of carbonyl (C=O) groups is 1. The SMILES string of the molecule is C=CC(=O)N[C@H]1CCCC[C@H]1Nc1cc(Nc2c(N[C@H](C)c3ccccc3)c(=O)c2=O)ccn1. The molecular formula is C26H29N5O3. The van der Waals surface area contributed by atoms with Crippen molar-refractivity contribution < 1.29 is 4.79 Å². The van der Waals surface area contributed by atoms with Crippen LogP contribution in [0.3, 0.4) is 0 Å². The maximum Gasteiger partial charge on any atom is 0.253 e. The molecule has 0 bridgehead atoms. The van der Waals surface area contributed by atoms with Crippen LogP contribution in [0.4, 0.5) is 22.9 Å². The summed E-state index contributed by atoms with van der Waals surface area (Å²) in [5.41, 5.74) is 1.12. The quantitative estimate of drug-likeness (QED) is 0.286. The van der Waals surface area contributed by atoms with Gasteiger partial charge in [0.15, 0.2) is 0 Å². The fourth-order valence-electron chi connectivity index (χ4n) is 4.33. The van der Waals surface area contributed by atoms with Gasteiger partial charge in [-0.05, 0) is 37.5 Å². The highest BCUT2D eigenvalue weighted by Gasteiger charge is 2.27. The lowest BCUT2D eigenvalue weighted by Crippen LogP contribution is -2.48. The van der Waals surface area contributed by atoms with Crippen LogP contribution >= 0.6 is 0 Å². The van der Waals surface area contributed by atoms with Gasteiger partial charge < -0.3 is 21.3 Å². The largest absolute Gasteiger partial charge is 0.373 e. The second-order valence-electron chi connectivity index (χ2n) is 8.59. The van der Waals surface area contributed by atoms with E-state index in [1.54, 1.807) is 18.3 Å². The van der Waals surface area contributed by atoms with Crippen LogP contribution in [-0.2, 0) is 4.79 Å². The third-order valence-corrected chi connectivity index (χ3v) is 6.21. The van der Waals surface area contributed by atoms with Crippen LogP contribution < -0.4 is 32.1 Å². The topological polar surface area (TPSA) is 112 Å². The number of rotatable bonds is 9. The maximum absolute atomic E-state index is 12.3. The van der Waals surface area contributed by atoms with E-state index >= 15 is 0 Å². The minimum Gasteiger partial charge on any atom is -0.373 e. The van der Waals surface area contributed by atoms with E-state index in [-0.39, 0.29) is 35.4 Å². The number of hydrogen-bond donors (Lipinski definition) is 4. The van der Waals surface area contributed by atoms with Crippen molar-refractivity contribution >= 4 is 28.8 Å². The Hall–Kier alpha value is -3.94. The van der Waals surface area contributed by atoms with Crippen LogP contribution in [0.25, 0.3) is 0 Å². The van der Waals surface area contributed by atoms with Crippen LogP contribution in [-0.4, -0.2) is 23.0 Å². The molecule has 1 aromatic heterocycles. The van der Waals surface area contributed by atoms with Crippen molar-refractivity contribution in [2.24, 2.45) is 0 Å². The van der Waals surface area contributed by atoms with Crippen LogP contribution in [0.2, 0.25) is 0 Å². The van der Waals surface area contributed by atoms with Gasteiger partial charge >= 0.3 is 0 Å². The van der Waals surface area contributed by atoms with E-state index in [2.05, 4.69) is 32.8 Å². The molecule has 0 unspecified atom stereocenters. The van der Waals surface area contributed by atoms with Gasteiger partial charge in [0, 0.05) is 36.1 Å². The number of carbonyl (C=O) groups excluding carboxylic acids is 1. The molecule has 0 spiro atoms. The van der Waals surface area contributed by atoms with Crippen molar-refractivity contribution in [2.45, 2.75) is 50.7 Å². The highest BCUT2D eigenvalue weighted by molar-refractivity contribution is 5.87. The van der Waals surface area contributed by atoms with Crippen molar-refractivity contribution in [3.63, 3.8) is 0 Å². The molecule has 1 aliphatic carbocycles. The average molecular weight is 460 g/mol. The van der Waals surface area contributed by atoms with E-state index in [0.29, 0.717) is 11.5 Å². The van der Waals surface area contributed by atoms with E-state index < -0.39 is 10.9 Å². The normalized spacial score (nSPS) is 18.6. The molecule has 0 radical (unpaired) electrons. The first kappa shape index (κ1) is 23.2. The molecule has 2 aromatic carbocycles. The molecule has 34 heavy (non-hydrogen) atoms. The predicted octanol–water partition coefficient (Wildman–Crippen LogP) is 3.62. The zero-order valence-electron chi connectivity index (χ0n) is 19.1. The third-order valence-electron chi connectivity index (χ3n) is 6.21. The number of hydrogen-bond acceptors (Lipinski definition) is 7. The fourth-order valence-corrected chi connectivity index (χ4v) is 4.33. The van der Waals surface area contributed by atoms with Gasteiger partial charge in [-0.2, -0.15) is 0 Å². The van der Waals surface area contributed by atoms with E-state index in [1.807, 2.05) is 37.3 Å². The Morgan fingerprint density at radius 1 is 1.06 bits per heavy atom. The summed E-state index contributed by atoms with van der Waals surface area (Å²) in [4.78, 5) is 40.7. The molecule has 1 amide bonds. The van der Waals surface area contributed by atoms with E-state index in [4.69, 9.17) is 0 Å². The summed E-state index contributed by atoms with van der Waals surface area (Å²) in [6, 6.07) is 13.1. The molecule has 1 aliphatic rings. The monoisotopic (exact) mass is 459 g/mol. The molecule has 1 saturated carbocycles. The summed E-state index contributed by atoms with van der Waals surface area (Å²) in [6.45, 7) is 5.47. The minimum atomic E-state index is -0.548. The molecule has 3 atom stereocenters. The second kappa shape index (κ2) is 10.3. The van der Waals surface area contributed by atoms with Crippen molar-refractivity contribution in [1.82, 2.24) is 10.3 Å². The first-order chi connectivity index (χ1) is 16.5. The number of nitrogens with one attached hydrogen (secondary N) is 4. The number of nitrogens with zero attached hydrogens (tertiary/aromatic N) is 1. The molecular weight excluding hydrogens is 430 g/mol. The molecule has 8 heteroatoms. The molecule has 4 rings (SSSR count). The zero-order chi connectivity index (χ0) is 24.1. The van der Waals surface area contributed by atoms with Crippen LogP contribution in [0, 0.1) is 0 Å². The van der Waals surface area contributed by atoms with E-state index in [0.717, 1.165) is 31.2 Å². The average Bonchev–Trinajstić information content (AvgIpc) is 2.87. The minimum absolute atomic E-state index is 0.0125. The van der Waals surface area contributed by atoms with Gasteiger partial charge in [0.25, 0.3) is 10.9 Å². The third kappa shape index (κ3) is 5.17. The number of benzene rings is 1. The molecule has 176 valence electrons. The number of pyridine rings is 1. The van der Waals surface area contributed by atoms with Gasteiger partial charge in [-0.15, -0.1) is 0 Å². The lowest BCUT2D eigenvalue weighted by molar-refractivity contribution is -0.117. The van der Waals surface area contributed by atoms with Gasteiger partial charge in [-0.25, -0.2) is 4.98 Å². The van der Waals surface area contributed by atoms with Gasteiger partial charge in [-0.1, -0.05) is 49.8 Å². The second-order valence-corrected chi connectivity index (χ2v) is 8.59. The maximum atomic E-state index is 12.3. The van der Waals surface area contributed by atoms with Crippen molar-refractivity contribution in [3.8, 4) is 0 Å². The first-order valence-corrected chi connectivity index (χ1v) is 11.5. The molecule has 1 fully saturated rings. The smallest absolute Gasteiger partial charge is 0.253 e. The molecule has 0 aliphatic heterocycles. The van der Waals surface area contributed by atoms with E-state index in [1.165, 1.54) is 6.08 Å². The molecule has 0 saturated heterocycles. The fraction of sp³-hybridized carbons (Fsp3) is 0.308. The Labute approximate surface area is 198 Å². The van der Waals surface area contributed by atoms with Crippen LogP contribution in [0.15, 0.2) is 70.9 Å². The Morgan fingerprint density at radius 3 is 2.50 bits per heavy atom. The standard InChI is InChI=1S/C26H29N5O3/c1-3-22(32)31-20-12-8-7-11-19(20)30-21-15-18(13-14-27-21)29-24-23(25(33)26(24)34)28-16(2)17-9-5-4-6-10-17/h3-6,9-10,13-16,19-20,28H,1,7-8,11-12H2,2H3,(H,31,32)(H2,27,29,30)/t16-,19-,20+/m1/s1. The zero-order valence-corrected chi connectivity index (χ0v) is 19.1. The predicted molar refractivity (Wildman–Crippen MR) is 135 cm³/mol. The summed E-state index contributed by atoms with van der Waals surface area (Å²) in [5.74, 6) is 0.438. The molecule has 3 aromatic rings. The van der Waals surface area contributed by atoms with Crippen molar-refractivity contribution in [1.29, 1.82) is 0 Å². The molecule has 8 nitrogen and oxygen atoms in total. The van der Waals surface area contributed by atoms with Gasteiger partial charge in [-0.3, -0.25) is 14.4 Å². The Balaban J connectivity index is 1.46. The van der Waals surface area contributed by atoms with E-state index in [9.17, 15) is 14.4 Å². The van der Waals surface area contributed by atoms with Crippen molar-refractivity contribution in [2.75, 3.05) is 16.0 Å². The first-order valence-electron chi connectivity index (χ1n) is 11.5. The Morgan fingerprint density at radius 2 is 1.76 bits per heavy atom. The van der Waals surface area contributed by atoms with Crippen LogP contribution in [0.1, 0.15) is 44.2 Å². The molecule has 1 heterocycles. The van der Waals surface area contributed by atoms with Gasteiger partial charge in [0.1, 0.15) is 17.2 Å². The number of anilines is 4. The summed E-state index contributed by atoms with van der Waals surface area (Å²) >= 11 is 0. The summed E-state index contributed by atoms with van der Waals surface area (Å²) in [6.07, 6.45) is 6.82. The highest BCUT2D eigenvalue weighted by atomic mass is 16.2. The highest BCUT2D eigenvalue weighted by Crippen LogP contribution is 2.27. The molecule has 4 N–H and O–H groups in total. The summed E-state index contributed by atoms with van der Waals surface area (Å²) in [5, 5.41) is 12.6. The van der Waals surface area contributed by atoms with Crippen molar-refractivity contribution in [3.05, 3.63) is 87.3 Å². The van der Waals surface area contributed by atoms with Gasteiger partial charge in [0.2, 0.25) is 5.91 Å². The summed E-state index contributed by atoms with van der Waals surface area (Å²) < 4.78 is 0. The van der Waals surface area contributed by atoms with Crippen LogP contribution in [0.5, 0.6) is 0 Å².